The quantitative estimate of drug-likeness (QED) is 0.869. The summed E-state index contributed by atoms with van der Waals surface area (Å²) in [5.41, 5.74) is 0.624. The molecule has 0 aliphatic rings. The zero-order chi connectivity index (χ0) is 15.5. The maximum atomic E-state index is 12.3. The highest BCUT2D eigenvalue weighted by Gasteiger charge is 2.32. The molecule has 0 aliphatic carbocycles. The third-order valence-corrected chi connectivity index (χ3v) is 2.86. The average molecular weight is 318 g/mol. The molecule has 7 heteroatoms. The molecule has 0 aromatic heterocycles. The van der Waals surface area contributed by atoms with Crippen LogP contribution >= 0.6 is 11.6 Å². The molecule has 0 atom stereocenters. The number of nitrogens with one attached hydrogen (secondary N) is 1. The van der Waals surface area contributed by atoms with Gasteiger partial charge in [0, 0.05) is 17.1 Å². The fourth-order valence-electron chi connectivity index (χ4n) is 1.71. The number of alkyl halides is 3. The van der Waals surface area contributed by atoms with Crippen molar-refractivity contribution in [2.45, 2.75) is 12.9 Å². The van der Waals surface area contributed by atoms with Crippen LogP contribution in [0.25, 0.3) is 0 Å². The minimum Gasteiger partial charge on any atom is -0.508 e. The molecule has 2 aromatic rings. The summed E-state index contributed by atoms with van der Waals surface area (Å²) in [6.07, 6.45) is -4.77. The number of para-hydroxylation sites is 2. The van der Waals surface area contributed by atoms with Crippen LogP contribution in [0.4, 0.5) is 18.9 Å². The molecule has 0 amide bonds. The van der Waals surface area contributed by atoms with Crippen molar-refractivity contribution in [2.75, 3.05) is 5.32 Å². The van der Waals surface area contributed by atoms with E-state index in [1.54, 1.807) is 6.07 Å². The van der Waals surface area contributed by atoms with Crippen molar-refractivity contribution in [3.63, 3.8) is 0 Å². The molecular weight excluding hydrogens is 307 g/mol. The van der Waals surface area contributed by atoms with E-state index in [9.17, 15) is 18.3 Å². The van der Waals surface area contributed by atoms with Crippen LogP contribution in [0.15, 0.2) is 42.5 Å². The van der Waals surface area contributed by atoms with Crippen LogP contribution < -0.4 is 10.1 Å². The number of aromatic hydroxyl groups is 1. The lowest BCUT2D eigenvalue weighted by Crippen LogP contribution is -2.18. The summed E-state index contributed by atoms with van der Waals surface area (Å²) in [6, 6.07) is 10.1. The fourth-order valence-corrected chi connectivity index (χ4v) is 1.91. The molecule has 0 unspecified atom stereocenters. The molecule has 112 valence electrons. The van der Waals surface area contributed by atoms with Crippen molar-refractivity contribution in [1.29, 1.82) is 0 Å². The second-order valence-electron chi connectivity index (χ2n) is 4.17. The van der Waals surface area contributed by atoms with Crippen molar-refractivity contribution < 1.29 is 23.0 Å². The van der Waals surface area contributed by atoms with Gasteiger partial charge in [0.2, 0.25) is 0 Å². The molecule has 0 bridgehead atoms. The van der Waals surface area contributed by atoms with E-state index in [0.29, 0.717) is 10.6 Å². The van der Waals surface area contributed by atoms with E-state index in [-0.39, 0.29) is 23.7 Å². The Morgan fingerprint density at radius 1 is 1.14 bits per heavy atom. The molecule has 2 aromatic carbocycles. The number of hydrogen-bond acceptors (Lipinski definition) is 3. The second kappa shape index (κ2) is 6.13. The van der Waals surface area contributed by atoms with E-state index in [2.05, 4.69) is 10.1 Å². The molecule has 3 nitrogen and oxygen atoms in total. The Bertz CT molecular complexity index is 632. The standard InChI is InChI=1S/C14H11ClF3NO2/c15-10-5-6-12(20)9(7-10)8-19-11-3-1-2-4-13(11)21-14(16,17)18/h1-7,19-20H,8H2. The number of rotatable bonds is 4. The lowest BCUT2D eigenvalue weighted by atomic mass is 10.2. The maximum absolute atomic E-state index is 12.3. The molecule has 2 N–H and O–H groups in total. The Kier molecular flexibility index (Phi) is 4.47. The SMILES string of the molecule is Oc1ccc(Cl)cc1CNc1ccccc1OC(F)(F)F. The topological polar surface area (TPSA) is 41.5 Å². The number of benzene rings is 2. The first-order valence-corrected chi connectivity index (χ1v) is 6.29. The van der Waals surface area contributed by atoms with E-state index >= 15 is 0 Å². The molecule has 21 heavy (non-hydrogen) atoms. The van der Waals surface area contributed by atoms with Gasteiger partial charge in [-0.25, -0.2) is 0 Å². The lowest BCUT2D eigenvalue weighted by molar-refractivity contribution is -0.274. The molecule has 0 heterocycles. The van der Waals surface area contributed by atoms with Gasteiger partial charge in [-0.15, -0.1) is 13.2 Å². The highest BCUT2D eigenvalue weighted by atomic mass is 35.5. The molecule has 0 aliphatic heterocycles. The van der Waals surface area contributed by atoms with Crippen LogP contribution in [-0.2, 0) is 6.54 Å². The van der Waals surface area contributed by atoms with Gasteiger partial charge in [-0.3, -0.25) is 0 Å². The van der Waals surface area contributed by atoms with Crippen LogP contribution in [-0.4, -0.2) is 11.5 Å². The minimum atomic E-state index is -4.77. The molecule has 0 saturated heterocycles. The van der Waals surface area contributed by atoms with Gasteiger partial charge in [0.15, 0.2) is 5.75 Å². The Morgan fingerprint density at radius 3 is 2.57 bits per heavy atom. The number of halogens is 4. The Labute approximate surface area is 123 Å². The Balaban J connectivity index is 2.15. The Morgan fingerprint density at radius 2 is 1.86 bits per heavy atom. The number of ether oxygens (including phenoxy) is 1. The summed E-state index contributed by atoms with van der Waals surface area (Å²) in [6.45, 7) is 0.102. The molecule has 0 spiro atoms. The van der Waals surface area contributed by atoms with Crippen LogP contribution in [0.2, 0.25) is 5.02 Å². The van der Waals surface area contributed by atoms with E-state index < -0.39 is 6.36 Å². The predicted octanol–water partition coefficient (Wildman–Crippen LogP) is 4.56. The van der Waals surface area contributed by atoms with Crippen LogP contribution in [0.3, 0.4) is 0 Å². The number of hydrogen-bond donors (Lipinski definition) is 2. The normalized spacial score (nSPS) is 11.2. The van der Waals surface area contributed by atoms with Gasteiger partial charge in [-0.2, -0.15) is 0 Å². The zero-order valence-electron chi connectivity index (χ0n) is 10.6. The molecular formula is C14H11ClF3NO2. The lowest BCUT2D eigenvalue weighted by Gasteiger charge is -2.15. The van der Waals surface area contributed by atoms with Crippen molar-refractivity contribution in [2.24, 2.45) is 0 Å². The van der Waals surface area contributed by atoms with Gasteiger partial charge in [0.1, 0.15) is 5.75 Å². The monoisotopic (exact) mass is 317 g/mol. The van der Waals surface area contributed by atoms with Crippen molar-refractivity contribution in [3.8, 4) is 11.5 Å². The first-order chi connectivity index (χ1) is 9.85. The van der Waals surface area contributed by atoms with Gasteiger partial charge in [-0.1, -0.05) is 23.7 Å². The van der Waals surface area contributed by atoms with Crippen molar-refractivity contribution in [1.82, 2.24) is 0 Å². The van der Waals surface area contributed by atoms with Gasteiger partial charge >= 0.3 is 6.36 Å². The van der Waals surface area contributed by atoms with Gasteiger partial charge in [-0.05, 0) is 30.3 Å². The van der Waals surface area contributed by atoms with E-state index in [1.807, 2.05) is 0 Å². The van der Waals surface area contributed by atoms with Crippen molar-refractivity contribution in [3.05, 3.63) is 53.1 Å². The third kappa shape index (κ3) is 4.46. The summed E-state index contributed by atoms with van der Waals surface area (Å²) in [7, 11) is 0. The summed E-state index contributed by atoms with van der Waals surface area (Å²) >= 11 is 5.80. The van der Waals surface area contributed by atoms with Gasteiger partial charge < -0.3 is 15.2 Å². The van der Waals surface area contributed by atoms with Crippen LogP contribution in [0.1, 0.15) is 5.56 Å². The molecule has 2 rings (SSSR count). The highest BCUT2D eigenvalue weighted by Crippen LogP contribution is 2.31. The molecule has 0 saturated carbocycles. The van der Waals surface area contributed by atoms with E-state index in [0.717, 1.165) is 0 Å². The first-order valence-electron chi connectivity index (χ1n) is 5.91. The molecule has 0 radical (unpaired) electrons. The summed E-state index contributed by atoms with van der Waals surface area (Å²) < 4.78 is 40.8. The summed E-state index contributed by atoms with van der Waals surface area (Å²) in [5.74, 6) is -0.340. The smallest absolute Gasteiger partial charge is 0.508 e. The highest BCUT2D eigenvalue weighted by molar-refractivity contribution is 6.30. The summed E-state index contributed by atoms with van der Waals surface area (Å²) in [4.78, 5) is 0. The average Bonchev–Trinajstić information content (AvgIpc) is 2.39. The third-order valence-electron chi connectivity index (χ3n) is 2.62. The molecule has 0 fully saturated rings. The van der Waals surface area contributed by atoms with Crippen LogP contribution in [0.5, 0.6) is 11.5 Å². The minimum absolute atomic E-state index is 0.00104. The second-order valence-corrected chi connectivity index (χ2v) is 4.61. The fraction of sp³-hybridized carbons (Fsp3) is 0.143. The van der Waals surface area contributed by atoms with Crippen LogP contribution in [0, 0.1) is 0 Å². The first kappa shape index (κ1) is 15.3. The summed E-state index contributed by atoms with van der Waals surface area (Å²) in [5, 5.41) is 12.9. The zero-order valence-corrected chi connectivity index (χ0v) is 11.4. The van der Waals surface area contributed by atoms with Crippen molar-refractivity contribution >= 4 is 17.3 Å². The number of anilines is 1. The number of phenols is 1. The van der Waals surface area contributed by atoms with E-state index in [4.69, 9.17) is 11.6 Å². The predicted molar refractivity (Wildman–Crippen MR) is 73.6 cm³/mol. The Hall–Kier alpha value is -2.08. The number of phenolic OH excluding ortho intramolecular Hbond substituents is 1. The largest absolute Gasteiger partial charge is 0.573 e. The van der Waals surface area contributed by atoms with Gasteiger partial charge in [0.25, 0.3) is 0 Å². The van der Waals surface area contributed by atoms with E-state index in [1.165, 1.54) is 36.4 Å². The van der Waals surface area contributed by atoms with Gasteiger partial charge in [0.05, 0.1) is 5.69 Å². The maximum Gasteiger partial charge on any atom is 0.573 e.